The highest BCUT2D eigenvalue weighted by atomic mass is 16.4. The summed E-state index contributed by atoms with van der Waals surface area (Å²) in [6, 6.07) is 0. The number of carbonyl (C=O) groups is 1. The van der Waals surface area contributed by atoms with E-state index in [4.69, 9.17) is 11.5 Å². The van der Waals surface area contributed by atoms with Crippen LogP contribution in [0.5, 0.6) is 0 Å². The number of carbonyl (C=O) groups excluding carboxylic acids is 1. The summed E-state index contributed by atoms with van der Waals surface area (Å²) < 4.78 is 0. The third-order valence-corrected chi connectivity index (χ3v) is 4.66. The highest BCUT2D eigenvalue weighted by Crippen LogP contribution is 2.14. The van der Waals surface area contributed by atoms with Crippen molar-refractivity contribution in [3.63, 3.8) is 0 Å². The molecule has 0 fully saturated rings. The normalized spacial score (nSPS) is 10.8. The van der Waals surface area contributed by atoms with Crippen molar-refractivity contribution < 1.29 is 9.90 Å². The Morgan fingerprint density at radius 2 is 1.00 bits per heavy atom. The van der Waals surface area contributed by atoms with Gasteiger partial charge >= 0.3 is 0 Å². The second-order valence-electron chi connectivity index (χ2n) is 6.84. The number of carboxylic acids is 1. The zero-order chi connectivity index (χ0) is 17.2. The van der Waals surface area contributed by atoms with Crippen LogP contribution < -0.4 is 22.7 Å². The van der Waals surface area contributed by atoms with Crippen LogP contribution in [-0.4, -0.2) is 19.1 Å². The summed E-state index contributed by atoms with van der Waals surface area (Å²) >= 11 is 0. The van der Waals surface area contributed by atoms with Crippen LogP contribution in [0.25, 0.3) is 0 Å². The van der Waals surface area contributed by atoms with E-state index in [1.54, 1.807) is 0 Å². The van der Waals surface area contributed by atoms with Gasteiger partial charge < -0.3 is 27.5 Å². The maximum Gasteiger partial charge on any atom is 0.0414 e. The molecule has 0 rings (SSSR count). The van der Waals surface area contributed by atoms with Gasteiger partial charge in [0.25, 0.3) is 0 Å². The molecule has 0 unspecified atom stereocenters. The molecule has 146 valence electrons. The number of rotatable bonds is 18. The highest BCUT2D eigenvalue weighted by molar-refractivity contribution is 5.63. The Hall–Kier alpha value is -0.650. The first-order valence-electron chi connectivity index (χ1n) is 9.80. The van der Waals surface area contributed by atoms with Gasteiger partial charge in [-0.05, 0) is 38.3 Å². The Balaban J connectivity index is 0. The average molecular weight is 346 g/mol. The van der Waals surface area contributed by atoms with Gasteiger partial charge in [0.05, 0.1) is 0 Å². The van der Waals surface area contributed by atoms with Crippen molar-refractivity contribution in [2.75, 3.05) is 13.1 Å². The van der Waals surface area contributed by atoms with Gasteiger partial charge in [0.1, 0.15) is 0 Å². The van der Waals surface area contributed by atoms with Crippen LogP contribution in [0.4, 0.5) is 0 Å². The van der Waals surface area contributed by atoms with Gasteiger partial charge in [-0.3, -0.25) is 0 Å². The zero-order valence-corrected chi connectivity index (χ0v) is 16.1. The van der Waals surface area contributed by atoms with Crippen molar-refractivity contribution in [2.24, 2.45) is 17.4 Å². The van der Waals surface area contributed by atoms with Gasteiger partial charge in [-0.15, -0.1) is 0 Å². The molecule has 0 spiro atoms. The van der Waals surface area contributed by atoms with Crippen molar-refractivity contribution in [1.29, 1.82) is 0 Å². The van der Waals surface area contributed by atoms with E-state index in [9.17, 15) is 9.90 Å². The molecule has 0 aromatic carbocycles. The molecule has 0 saturated heterocycles. The Morgan fingerprint density at radius 1 is 0.667 bits per heavy atom. The Morgan fingerprint density at radius 3 is 1.33 bits per heavy atom. The monoisotopic (exact) mass is 345 g/mol. The summed E-state index contributed by atoms with van der Waals surface area (Å²) in [7, 11) is 0. The van der Waals surface area contributed by atoms with Crippen molar-refractivity contribution >= 4 is 5.97 Å². The van der Waals surface area contributed by atoms with Gasteiger partial charge in [-0.2, -0.15) is 0 Å². The van der Waals surface area contributed by atoms with Gasteiger partial charge in [0.15, 0.2) is 0 Å². The van der Waals surface area contributed by atoms with Crippen LogP contribution in [0.1, 0.15) is 96.3 Å². The Bertz CT molecular complexity index is 259. The quantitative estimate of drug-likeness (QED) is 0.328. The molecule has 0 aliphatic heterocycles. The molecule has 0 aliphatic rings. The van der Waals surface area contributed by atoms with Crippen LogP contribution in [0.2, 0.25) is 0 Å². The number of unbranched alkanes of at least 4 members (excludes halogenated alkanes) is 12. The van der Waals surface area contributed by atoms with E-state index >= 15 is 0 Å². The van der Waals surface area contributed by atoms with Crippen LogP contribution >= 0.6 is 0 Å². The molecule has 0 atom stereocenters. The first kappa shape index (κ1) is 25.6. The highest BCUT2D eigenvalue weighted by Gasteiger charge is 2.02. The number of quaternary nitrogens is 1. The topological polar surface area (TPSA) is 129 Å². The standard InChI is InChI=1S/C19H40N2O2.H3N/c20-16-18(17-21)14-12-10-8-6-4-2-1-3-5-7-9-11-13-15-19(22)23;/h18H,1-17,20-21H2,(H,22,23);1H3. The fraction of sp³-hybridized carbons (Fsp3) is 0.947. The summed E-state index contributed by atoms with van der Waals surface area (Å²) in [6.45, 7) is 1.46. The predicted octanol–water partition coefficient (Wildman–Crippen LogP) is 3.50. The molecular formula is C19H43N3O2. The molecule has 5 nitrogen and oxygen atoms in total. The average Bonchev–Trinajstić information content (AvgIpc) is 2.54. The summed E-state index contributed by atoms with van der Waals surface area (Å²) in [6.07, 6.45) is 17.6. The predicted molar refractivity (Wildman–Crippen MR) is 102 cm³/mol. The van der Waals surface area contributed by atoms with Gasteiger partial charge in [-0.1, -0.05) is 77.0 Å². The van der Waals surface area contributed by atoms with Gasteiger partial charge in [0, 0.05) is 5.97 Å². The third-order valence-electron chi connectivity index (χ3n) is 4.66. The molecule has 0 radical (unpaired) electrons. The largest absolute Gasteiger partial charge is 0.550 e. The molecule has 0 aliphatic carbocycles. The second kappa shape index (κ2) is 20.4. The van der Waals surface area contributed by atoms with E-state index in [0.29, 0.717) is 5.92 Å². The number of nitrogens with two attached hydrogens (primary N) is 2. The lowest BCUT2D eigenvalue weighted by molar-refractivity contribution is -0.305. The first-order valence-corrected chi connectivity index (χ1v) is 9.80. The fourth-order valence-corrected chi connectivity index (χ4v) is 2.98. The van der Waals surface area contributed by atoms with E-state index < -0.39 is 5.97 Å². The van der Waals surface area contributed by atoms with E-state index in [0.717, 1.165) is 25.9 Å². The maximum absolute atomic E-state index is 10.3. The van der Waals surface area contributed by atoms with Gasteiger partial charge in [-0.25, -0.2) is 0 Å². The molecule has 0 aromatic heterocycles. The van der Waals surface area contributed by atoms with E-state index in [1.807, 2.05) is 0 Å². The molecular weight excluding hydrogens is 302 g/mol. The smallest absolute Gasteiger partial charge is 0.0414 e. The van der Waals surface area contributed by atoms with Crippen molar-refractivity contribution in [3.8, 4) is 0 Å². The minimum atomic E-state index is -0.913. The summed E-state index contributed by atoms with van der Waals surface area (Å²) in [4.78, 5) is 10.3. The number of aliphatic carboxylic acids is 1. The SMILES string of the molecule is NCC(CN)CCCCCCCCCCCCCCCC(=O)[O-].[NH4+]. The van der Waals surface area contributed by atoms with Crippen molar-refractivity contribution in [2.45, 2.75) is 96.3 Å². The first-order chi connectivity index (χ1) is 11.2. The second-order valence-corrected chi connectivity index (χ2v) is 6.84. The van der Waals surface area contributed by atoms with Gasteiger partial charge in [0.2, 0.25) is 0 Å². The summed E-state index contributed by atoms with van der Waals surface area (Å²) in [5.41, 5.74) is 11.3. The number of carboxylic acid groups (broad SMARTS) is 1. The van der Waals surface area contributed by atoms with Crippen molar-refractivity contribution in [1.82, 2.24) is 6.15 Å². The molecule has 5 heteroatoms. The van der Waals surface area contributed by atoms with E-state index in [-0.39, 0.29) is 12.6 Å². The third kappa shape index (κ3) is 19.4. The van der Waals surface area contributed by atoms with E-state index in [2.05, 4.69) is 0 Å². The van der Waals surface area contributed by atoms with Crippen molar-refractivity contribution in [3.05, 3.63) is 0 Å². The molecule has 0 amide bonds. The lowest BCUT2D eigenvalue weighted by Gasteiger charge is -2.11. The molecule has 24 heavy (non-hydrogen) atoms. The molecule has 0 saturated carbocycles. The minimum Gasteiger partial charge on any atom is -0.550 e. The fourth-order valence-electron chi connectivity index (χ4n) is 2.98. The Labute approximate surface area is 149 Å². The van der Waals surface area contributed by atoms with Crippen LogP contribution in [0, 0.1) is 5.92 Å². The minimum absolute atomic E-state index is 0. The van der Waals surface area contributed by atoms with Crippen LogP contribution in [0.3, 0.4) is 0 Å². The summed E-state index contributed by atoms with van der Waals surface area (Å²) in [5, 5.41) is 10.3. The molecule has 0 heterocycles. The molecule has 0 aromatic rings. The van der Waals surface area contributed by atoms with Crippen LogP contribution in [-0.2, 0) is 4.79 Å². The Kier molecular flexibility index (Phi) is 21.7. The summed E-state index contributed by atoms with van der Waals surface area (Å²) in [5.74, 6) is -0.389. The lowest BCUT2D eigenvalue weighted by atomic mass is 10.00. The molecule has 0 bridgehead atoms. The molecule has 8 N–H and O–H groups in total. The van der Waals surface area contributed by atoms with E-state index in [1.165, 1.54) is 77.0 Å². The van der Waals surface area contributed by atoms with Crippen LogP contribution in [0.15, 0.2) is 0 Å². The number of hydrogen-bond acceptors (Lipinski definition) is 4. The number of hydrogen-bond donors (Lipinski definition) is 3. The maximum atomic E-state index is 10.3. The zero-order valence-electron chi connectivity index (χ0n) is 16.1. The lowest BCUT2D eigenvalue weighted by Crippen LogP contribution is -2.22.